The molecule has 1 atom stereocenters. The highest BCUT2D eigenvalue weighted by Crippen LogP contribution is 2.43. The van der Waals surface area contributed by atoms with Gasteiger partial charge in [0.15, 0.2) is 10.8 Å². The van der Waals surface area contributed by atoms with Gasteiger partial charge in [0, 0.05) is 10.6 Å². The number of ether oxygens (including phenoxy) is 1. The number of aromatic nitrogens is 4. The predicted octanol–water partition coefficient (Wildman–Crippen LogP) is 5.23. The van der Waals surface area contributed by atoms with Gasteiger partial charge in [0.1, 0.15) is 16.9 Å². The van der Waals surface area contributed by atoms with Crippen molar-refractivity contribution in [3.05, 3.63) is 41.0 Å². The molecule has 0 unspecified atom stereocenters. The molecular formula is C24H27N5O2S2. The van der Waals surface area contributed by atoms with Gasteiger partial charge in [-0.3, -0.25) is 9.20 Å². The van der Waals surface area contributed by atoms with E-state index in [0.717, 1.165) is 40.1 Å². The van der Waals surface area contributed by atoms with Crippen molar-refractivity contribution < 1.29 is 9.53 Å². The third kappa shape index (κ3) is 4.31. The number of anilines is 1. The van der Waals surface area contributed by atoms with Crippen LogP contribution in [0.2, 0.25) is 0 Å². The van der Waals surface area contributed by atoms with Crippen LogP contribution in [0, 0.1) is 11.3 Å². The summed E-state index contributed by atoms with van der Waals surface area (Å²) in [5, 5.41) is 13.6. The lowest BCUT2D eigenvalue weighted by Crippen LogP contribution is -2.26. The molecule has 1 aliphatic rings. The lowest BCUT2D eigenvalue weighted by molar-refractivity contribution is -0.113. The van der Waals surface area contributed by atoms with Crippen molar-refractivity contribution in [2.45, 2.75) is 45.2 Å². The fourth-order valence-corrected chi connectivity index (χ4v) is 6.36. The highest BCUT2D eigenvalue weighted by molar-refractivity contribution is 7.99. The van der Waals surface area contributed by atoms with Crippen LogP contribution in [0.1, 0.15) is 37.6 Å². The number of fused-ring (bicyclic) bond motifs is 5. The minimum atomic E-state index is -0.0999. The van der Waals surface area contributed by atoms with Gasteiger partial charge in [0.2, 0.25) is 5.91 Å². The first-order valence-electron chi connectivity index (χ1n) is 11.0. The Morgan fingerprint density at radius 3 is 2.79 bits per heavy atom. The van der Waals surface area contributed by atoms with Crippen molar-refractivity contribution in [2.75, 3.05) is 18.2 Å². The van der Waals surface area contributed by atoms with Crippen molar-refractivity contribution in [3.63, 3.8) is 0 Å². The summed E-state index contributed by atoms with van der Waals surface area (Å²) >= 11 is 3.15. The molecule has 3 heterocycles. The summed E-state index contributed by atoms with van der Waals surface area (Å²) in [6.45, 7) is 7.00. The Labute approximate surface area is 201 Å². The van der Waals surface area contributed by atoms with Gasteiger partial charge in [-0.1, -0.05) is 32.5 Å². The molecule has 0 fully saturated rings. The van der Waals surface area contributed by atoms with Gasteiger partial charge in [-0.2, -0.15) is 0 Å². The molecular weight excluding hydrogens is 454 g/mol. The monoisotopic (exact) mass is 481 g/mol. The standard InChI is InChI=1S/C24H27N5O2S2/c1-24(2,3)14-5-10-17-18(11-14)33-22-20(17)21-27-28-23(29(21)13-25-22)32-12-19(30)26-15-6-8-16(31-4)9-7-15/h6-9,13-14H,5,10-12H2,1-4H3,(H,26,30)/t14-/m0/s1. The number of thioether (sulfide) groups is 1. The molecule has 0 bridgehead atoms. The van der Waals surface area contributed by atoms with Gasteiger partial charge in [0.05, 0.1) is 18.2 Å². The SMILES string of the molecule is COc1ccc(NC(=O)CSc2nnc3c4c5c(sc4ncn23)C[C@@H](C(C)(C)C)CC5)cc1. The van der Waals surface area contributed by atoms with Crippen LogP contribution < -0.4 is 10.1 Å². The molecule has 3 aromatic heterocycles. The van der Waals surface area contributed by atoms with E-state index in [4.69, 9.17) is 9.72 Å². The number of thiophene rings is 1. The van der Waals surface area contributed by atoms with Crippen molar-refractivity contribution >= 4 is 50.6 Å². The number of amides is 1. The first-order valence-corrected chi connectivity index (χ1v) is 12.8. The van der Waals surface area contributed by atoms with Gasteiger partial charge in [-0.25, -0.2) is 4.98 Å². The summed E-state index contributed by atoms with van der Waals surface area (Å²) in [6.07, 6.45) is 5.13. The Kier molecular flexibility index (Phi) is 5.78. The Balaban J connectivity index is 1.34. The van der Waals surface area contributed by atoms with E-state index >= 15 is 0 Å². The maximum atomic E-state index is 12.4. The average Bonchev–Trinajstić information content (AvgIpc) is 3.37. The average molecular weight is 482 g/mol. The number of nitrogens with zero attached hydrogens (tertiary/aromatic N) is 4. The fourth-order valence-electron chi connectivity index (χ4n) is 4.39. The highest BCUT2D eigenvalue weighted by Gasteiger charge is 2.31. The molecule has 0 saturated heterocycles. The number of hydrogen-bond acceptors (Lipinski definition) is 7. The van der Waals surface area contributed by atoms with E-state index in [1.807, 2.05) is 28.7 Å². The second-order valence-electron chi connectivity index (χ2n) is 9.48. The van der Waals surface area contributed by atoms with E-state index in [1.165, 1.54) is 28.6 Å². The van der Waals surface area contributed by atoms with Crippen LogP contribution in [0.25, 0.3) is 15.9 Å². The van der Waals surface area contributed by atoms with Gasteiger partial charge in [0.25, 0.3) is 0 Å². The number of nitrogens with one attached hydrogen (secondary N) is 1. The quantitative estimate of drug-likeness (QED) is 0.393. The second-order valence-corrected chi connectivity index (χ2v) is 11.5. The number of rotatable bonds is 5. The smallest absolute Gasteiger partial charge is 0.234 e. The minimum Gasteiger partial charge on any atom is -0.497 e. The van der Waals surface area contributed by atoms with E-state index in [0.29, 0.717) is 16.5 Å². The van der Waals surface area contributed by atoms with E-state index in [9.17, 15) is 4.79 Å². The zero-order valence-corrected chi connectivity index (χ0v) is 20.8. The number of carbonyl (C=O) groups is 1. The van der Waals surface area contributed by atoms with Gasteiger partial charge in [-0.15, -0.1) is 21.5 Å². The van der Waals surface area contributed by atoms with Gasteiger partial charge < -0.3 is 10.1 Å². The van der Waals surface area contributed by atoms with Crippen molar-refractivity contribution in [1.82, 2.24) is 19.6 Å². The van der Waals surface area contributed by atoms with Crippen molar-refractivity contribution in [2.24, 2.45) is 11.3 Å². The number of aryl methyl sites for hydroxylation is 1. The molecule has 1 N–H and O–H groups in total. The number of carbonyl (C=O) groups excluding carboxylic acids is 1. The summed E-state index contributed by atoms with van der Waals surface area (Å²) in [4.78, 5) is 19.6. The van der Waals surface area contributed by atoms with Crippen LogP contribution in [0.5, 0.6) is 5.75 Å². The predicted molar refractivity (Wildman–Crippen MR) is 133 cm³/mol. The largest absolute Gasteiger partial charge is 0.497 e. The van der Waals surface area contributed by atoms with Gasteiger partial charge >= 0.3 is 0 Å². The van der Waals surface area contributed by atoms with Crippen LogP contribution in [0.4, 0.5) is 5.69 Å². The van der Waals surface area contributed by atoms with E-state index in [-0.39, 0.29) is 11.7 Å². The Hall–Kier alpha value is -2.65. The molecule has 172 valence electrons. The zero-order valence-electron chi connectivity index (χ0n) is 19.2. The summed E-state index contributed by atoms with van der Waals surface area (Å²) in [5.74, 6) is 1.57. The number of methoxy groups -OCH3 is 1. The van der Waals surface area contributed by atoms with Crippen LogP contribution in [-0.2, 0) is 17.6 Å². The van der Waals surface area contributed by atoms with E-state index < -0.39 is 0 Å². The van der Waals surface area contributed by atoms with Crippen molar-refractivity contribution in [1.29, 1.82) is 0 Å². The Morgan fingerprint density at radius 2 is 2.06 bits per heavy atom. The molecule has 0 spiro atoms. The molecule has 5 rings (SSSR count). The van der Waals surface area contributed by atoms with E-state index in [1.54, 1.807) is 24.8 Å². The second kappa shape index (κ2) is 8.61. The van der Waals surface area contributed by atoms with Gasteiger partial charge in [-0.05, 0) is 60.4 Å². The Morgan fingerprint density at radius 1 is 1.27 bits per heavy atom. The fraction of sp³-hybridized carbons (Fsp3) is 0.417. The van der Waals surface area contributed by atoms with Crippen LogP contribution >= 0.6 is 23.1 Å². The summed E-state index contributed by atoms with van der Waals surface area (Å²) in [7, 11) is 1.62. The lowest BCUT2D eigenvalue weighted by Gasteiger charge is -2.33. The maximum Gasteiger partial charge on any atom is 0.234 e. The highest BCUT2D eigenvalue weighted by atomic mass is 32.2. The van der Waals surface area contributed by atoms with Crippen LogP contribution in [0.3, 0.4) is 0 Å². The third-order valence-electron chi connectivity index (χ3n) is 6.36. The molecule has 9 heteroatoms. The molecule has 0 radical (unpaired) electrons. The molecule has 7 nitrogen and oxygen atoms in total. The third-order valence-corrected chi connectivity index (χ3v) is 8.46. The molecule has 1 aliphatic carbocycles. The molecule has 33 heavy (non-hydrogen) atoms. The maximum absolute atomic E-state index is 12.4. The first kappa shape index (κ1) is 22.2. The summed E-state index contributed by atoms with van der Waals surface area (Å²) < 4.78 is 7.06. The number of benzene rings is 1. The minimum absolute atomic E-state index is 0.0999. The Bertz CT molecular complexity index is 1320. The summed E-state index contributed by atoms with van der Waals surface area (Å²) in [5.41, 5.74) is 3.26. The molecule has 1 amide bonds. The zero-order chi connectivity index (χ0) is 23.2. The molecule has 4 aromatic rings. The molecule has 1 aromatic carbocycles. The summed E-state index contributed by atoms with van der Waals surface area (Å²) in [6, 6.07) is 7.27. The molecule has 0 aliphatic heterocycles. The van der Waals surface area contributed by atoms with Crippen LogP contribution in [-0.4, -0.2) is 38.4 Å². The molecule has 0 saturated carbocycles. The normalized spacial score (nSPS) is 16.2. The van der Waals surface area contributed by atoms with Crippen LogP contribution in [0.15, 0.2) is 35.7 Å². The first-order chi connectivity index (χ1) is 15.8. The van der Waals surface area contributed by atoms with Crippen molar-refractivity contribution in [3.8, 4) is 5.75 Å². The topological polar surface area (TPSA) is 81.4 Å². The number of hydrogen-bond donors (Lipinski definition) is 1. The van der Waals surface area contributed by atoms with E-state index in [2.05, 4.69) is 36.3 Å². The lowest BCUT2D eigenvalue weighted by atomic mass is 9.72.